The molecule has 9 heteroatoms. The van der Waals surface area contributed by atoms with Gasteiger partial charge < -0.3 is 19.5 Å². The molecule has 0 amide bonds. The number of fused-ring (bicyclic) bond motifs is 1. The summed E-state index contributed by atoms with van der Waals surface area (Å²) in [6.45, 7) is 3.83. The fourth-order valence-electron chi connectivity index (χ4n) is 2.95. The summed E-state index contributed by atoms with van der Waals surface area (Å²) in [7, 11) is 1.81. The normalized spacial score (nSPS) is 12.0. The Morgan fingerprint density at radius 1 is 1.38 bits per heavy atom. The molecule has 0 fully saturated rings. The van der Waals surface area contributed by atoms with Gasteiger partial charge in [-0.1, -0.05) is 0 Å². The van der Waals surface area contributed by atoms with Crippen molar-refractivity contribution in [1.29, 1.82) is 0 Å². The van der Waals surface area contributed by atoms with Gasteiger partial charge in [-0.25, -0.2) is 18.7 Å². The van der Waals surface area contributed by atoms with Gasteiger partial charge in [0.15, 0.2) is 5.65 Å². The van der Waals surface area contributed by atoms with E-state index < -0.39 is 5.97 Å². The molecule has 2 heterocycles. The molecule has 1 atom stereocenters. The summed E-state index contributed by atoms with van der Waals surface area (Å²) in [4.78, 5) is 18.5. The highest BCUT2D eigenvalue weighted by molar-refractivity contribution is 5.95. The van der Waals surface area contributed by atoms with Gasteiger partial charge in [0.2, 0.25) is 0 Å². The highest BCUT2D eigenvalue weighted by Crippen LogP contribution is 2.32. The minimum absolute atomic E-state index is 0.109. The van der Waals surface area contributed by atoms with Crippen molar-refractivity contribution >= 4 is 17.4 Å². The van der Waals surface area contributed by atoms with Crippen LogP contribution in [0, 0.1) is 5.82 Å². The smallest absolute Gasteiger partial charge is 0.343 e. The Hall–Kier alpha value is -3.20. The quantitative estimate of drug-likeness (QED) is 0.579. The second kappa shape index (κ2) is 8.87. The molecule has 1 aromatic carbocycles. The number of aliphatic hydroxyl groups is 1. The number of carbonyl (C=O) groups is 1. The largest absolute Gasteiger partial charge is 0.491 e. The number of benzene rings is 1. The molecule has 3 aromatic rings. The lowest BCUT2D eigenvalue weighted by Crippen LogP contribution is -2.24. The maximum atomic E-state index is 13.9. The fraction of sp³-hybridized carbons (Fsp3) is 0.350. The number of anilines is 1. The first-order chi connectivity index (χ1) is 14.0. The maximum Gasteiger partial charge on any atom is 0.343 e. The van der Waals surface area contributed by atoms with E-state index in [0.717, 1.165) is 0 Å². The molecule has 0 unspecified atom stereocenters. The summed E-state index contributed by atoms with van der Waals surface area (Å²) in [5.41, 5.74) is 1.25. The molecule has 2 aromatic heterocycles. The Kier molecular flexibility index (Phi) is 6.28. The van der Waals surface area contributed by atoms with Gasteiger partial charge in [-0.15, -0.1) is 0 Å². The lowest BCUT2D eigenvalue weighted by molar-refractivity contribution is 0.0528. The van der Waals surface area contributed by atoms with E-state index >= 15 is 0 Å². The summed E-state index contributed by atoms with van der Waals surface area (Å²) in [5, 5.41) is 13.1. The third-order valence-corrected chi connectivity index (χ3v) is 4.56. The van der Waals surface area contributed by atoms with Crippen molar-refractivity contribution in [3.05, 3.63) is 53.6 Å². The van der Waals surface area contributed by atoms with Crippen LogP contribution in [0.5, 0.6) is 5.75 Å². The summed E-state index contributed by atoms with van der Waals surface area (Å²) < 4.78 is 26.0. The van der Waals surface area contributed by atoms with E-state index in [1.807, 2.05) is 18.9 Å². The van der Waals surface area contributed by atoms with Crippen molar-refractivity contribution in [2.45, 2.75) is 19.9 Å². The zero-order valence-corrected chi connectivity index (χ0v) is 16.5. The standard InChI is InChI=1S/C20H23FN4O4/c1-4-28-20(27)16-12-22-25-8-7-18(23-19(16)25)24(3)13(2)15-11-14(21)5-6-17(15)29-10-9-26/h5-8,11-13,26H,4,9-10H2,1-3H3/t13-/m1/s1. The number of aromatic nitrogens is 3. The van der Waals surface area contributed by atoms with Gasteiger partial charge >= 0.3 is 5.97 Å². The second-order valence-corrected chi connectivity index (χ2v) is 6.37. The van der Waals surface area contributed by atoms with Crippen molar-refractivity contribution in [1.82, 2.24) is 14.6 Å². The predicted molar refractivity (Wildman–Crippen MR) is 105 cm³/mol. The summed E-state index contributed by atoms with van der Waals surface area (Å²) >= 11 is 0. The van der Waals surface area contributed by atoms with Crippen LogP contribution in [0.25, 0.3) is 5.65 Å². The first-order valence-corrected chi connectivity index (χ1v) is 9.23. The fourth-order valence-corrected chi connectivity index (χ4v) is 2.95. The number of halogens is 1. The molecule has 0 saturated carbocycles. The van der Waals surface area contributed by atoms with Crippen LogP contribution in [-0.4, -0.2) is 52.5 Å². The number of aliphatic hydroxyl groups excluding tert-OH is 1. The first-order valence-electron chi connectivity index (χ1n) is 9.23. The lowest BCUT2D eigenvalue weighted by Gasteiger charge is -2.28. The molecule has 0 aliphatic heterocycles. The van der Waals surface area contributed by atoms with Gasteiger partial charge in [0.05, 0.1) is 25.5 Å². The van der Waals surface area contributed by atoms with E-state index in [2.05, 4.69) is 10.1 Å². The molecule has 0 bridgehead atoms. The third-order valence-electron chi connectivity index (χ3n) is 4.56. The van der Waals surface area contributed by atoms with Crippen LogP contribution in [0.3, 0.4) is 0 Å². The molecule has 154 valence electrons. The first kappa shape index (κ1) is 20.5. The zero-order valence-electron chi connectivity index (χ0n) is 16.5. The Balaban J connectivity index is 1.94. The van der Waals surface area contributed by atoms with Crippen LogP contribution in [0.2, 0.25) is 0 Å². The Morgan fingerprint density at radius 3 is 2.90 bits per heavy atom. The number of hydrogen-bond acceptors (Lipinski definition) is 7. The summed E-state index contributed by atoms with van der Waals surface area (Å²) in [6.07, 6.45) is 3.11. The van der Waals surface area contributed by atoms with Crippen molar-refractivity contribution in [3.8, 4) is 5.75 Å². The molecule has 8 nitrogen and oxygen atoms in total. The van der Waals surface area contributed by atoms with Gasteiger partial charge in [-0.3, -0.25) is 0 Å². The Labute approximate surface area is 167 Å². The highest BCUT2D eigenvalue weighted by atomic mass is 19.1. The van der Waals surface area contributed by atoms with E-state index in [1.54, 1.807) is 19.2 Å². The van der Waals surface area contributed by atoms with Gasteiger partial charge in [0.25, 0.3) is 0 Å². The van der Waals surface area contributed by atoms with Crippen LogP contribution < -0.4 is 9.64 Å². The van der Waals surface area contributed by atoms with E-state index in [0.29, 0.717) is 22.8 Å². The van der Waals surface area contributed by atoms with Crippen LogP contribution in [0.15, 0.2) is 36.7 Å². The molecule has 0 spiro atoms. The number of ether oxygens (including phenoxy) is 2. The number of hydrogen-bond donors (Lipinski definition) is 1. The molecule has 3 rings (SSSR count). The molecule has 0 aliphatic rings. The van der Waals surface area contributed by atoms with E-state index in [1.165, 1.54) is 28.9 Å². The monoisotopic (exact) mass is 402 g/mol. The van der Waals surface area contributed by atoms with Crippen LogP contribution >= 0.6 is 0 Å². The van der Waals surface area contributed by atoms with Crippen molar-refractivity contribution < 1.29 is 23.8 Å². The second-order valence-electron chi connectivity index (χ2n) is 6.37. The van der Waals surface area contributed by atoms with Gasteiger partial charge in [-0.05, 0) is 38.1 Å². The van der Waals surface area contributed by atoms with Crippen LogP contribution in [-0.2, 0) is 4.74 Å². The van der Waals surface area contributed by atoms with Crippen molar-refractivity contribution in [2.75, 3.05) is 31.8 Å². The number of esters is 1. The topological polar surface area (TPSA) is 89.2 Å². The zero-order chi connectivity index (χ0) is 21.0. The van der Waals surface area contributed by atoms with E-state index in [4.69, 9.17) is 14.6 Å². The molecule has 0 aliphatic carbocycles. The third kappa shape index (κ3) is 4.29. The molecule has 29 heavy (non-hydrogen) atoms. The molecule has 1 N–H and O–H groups in total. The van der Waals surface area contributed by atoms with Crippen molar-refractivity contribution in [2.24, 2.45) is 0 Å². The van der Waals surface area contributed by atoms with Crippen molar-refractivity contribution in [3.63, 3.8) is 0 Å². The van der Waals surface area contributed by atoms with Gasteiger partial charge in [-0.2, -0.15) is 5.10 Å². The minimum atomic E-state index is -0.493. The number of rotatable bonds is 8. The van der Waals surface area contributed by atoms with E-state index in [9.17, 15) is 9.18 Å². The summed E-state index contributed by atoms with van der Waals surface area (Å²) in [6, 6.07) is 5.69. The lowest BCUT2D eigenvalue weighted by atomic mass is 10.1. The minimum Gasteiger partial charge on any atom is -0.491 e. The predicted octanol–water partition coefficient (Wildman–Crippen LogP) is 2.61. The average Bonchev–Trinajstić information content (AvgIpc) is 3.15. The molecule has 0 radical (unpaired) electrons. The highest BCUT2D eigenvalue weighted by Gasteiger charge is 2.21. The number of carbonyl (C=O) groups excluding carboxylic acids is 1. The average molecular weight is 402 g/mol. The Morgan fingerprint density at radius 2 is 2.17 bits per heavy atom. The van der Waals surface area contributed by atoms with E-state index in [-0.39, 0.29) is 37.2 Å². The van der Waals surface area contributed by atoms with Gasteiger partial charge in [0.1, 0.15) is 29.6 Å². The Bertz CT molecular complexity index is 1010. The molecule has 0 saturated heterocycles. The summed E-state index contributed by atoms with van der Waals surface area (Å²) in [5.74, 6) is 0.166. The maximum absolute atomic E-state index is 13.9. The number of nitrogens with zero attached hydrogens (tertiary/aromatic N) is 4. The molecular formula is C20H23FN4O4. The van der Waals surface area contributed by atoms with Crippen LogP contribution in [0.1, 0.15) is 35.8 Å². The van der Waals surface area contributed by atoms with Gasteiger partial charge in [0, 0.05) is 18.8 Å². The molecular weight excluding hydrogens is 379 g/mol. The SMILES string of the molecule is CCOC(=O)c1cnn2ccc(N(C)[C@H](C)c3cc(F)ccc3OCCO)nc12. The van der Waals surface area contributed by atoms with Crippen LogP contribution in [0.4, 0.5) is 10.2 Å².